The van der Waals surface area contributed by atoms with Crippen molar-refractivity contribution >= 4 is 27.8 Å². The van der Waals surface area contributed by atoms with Gasteiger partial charge < -0.3 is 20.3 Å². The zero-order chi connectivity index (χ0) is 16.2. The van der Waals surface area contributed by atoms with Crippen molar-refractivity contribution in [2.75, 3.05) is 6.54 Å². The maximum atomic E-state index is 11.8. The molecule has 2 atom stereocenters. The van der Waals surface area contributed by atoms with Gasteiger partial charge in [-0.2, -0.15) is 0 Å². The summed E-state index contributed by atoms with van der Waals surface area (Å²) in [5, 5.41) is 20.6. The average molecular weight is 360 g/mol. The molecule has 116 valence electrons. The van der Waals surface area contributed by atoms with Gasteiger partial charge in [-0.25, -0.2) is 4.79 Å². The Morgan fingerprint density at radius 2 is 2.10 bits per heavy atom. The van der Waals surface area contributed by atoms with Crippen LogP contribution in [-0.2, 0) is 9.59 Å². The number of ether oxygens (including phenoxy) is 1. The molecule has 0 bridgehead atoms. The molecule has 0 aromatic heterocycles. The van der Waals surface area contributed by atoms with Gasteiger partial charge in [0.1, 0.15) is 5.75 Å². The summed E-state index contributed by atoms with van der Waals surface area (Å²) in [6.45, 7) is 4.18. The smallest absolute Gasteiger partial charge is 0.337 e. The maximum absolute atomic E-state index is 11.8. The minimum atomic E-state index is -2.01. The fourth-order valence-electron chi connectivity index (χ4n) is 1.42. The first kappa shape index (κ1) is 17.5. The number of rotatable bonds is 6. The molecular weight excluding hydrogens is 342 g/mol. The van der Waals surface area contributed by atoms with E-state index in [4.69, 9.17) is 9.84 Å². The molecule has 3 N–H and O–H groups in total. The summed E-state index contributed by atoms with van der Waals surface area (Å²) in [7, 11) is 0. The van der Waals surface area contributed by atoms with E-state index in [0.717, 1.165) is 17.0 Å². The molecule has 0 aliphatic carbocycles. The Kier molecular flexibility index (Phi) is 5.74. The van der Waals surface area contributed by atoms with Gasteiger partial charge in [-0.05, 0) is 54.4 Å². The Labute approximate surface area is 131 Å². The molecule has 2 unspecified atom stereocenters. The van der Waals surface area contributed by atoms with E-state index in [0.29, 0.717) is 5.75 Å². The maximum Gasteiger partial charge on any atom is 0.337 e. The first-order chi connectivity index (χ1) is 9.63. The van der Waals surface area contributed by atoms with E-state index in [1.807, 2.05) is 19.1 Å². The second-order valence-corrected chi connectivity index (χ2v) is 5.85. The van der Waals surface area contributed by atoms with Gasteiger partial charge >= 0.3 is 5.97 Å². The predicted octanol–water partition coefficient (Wildman–Crippen LogP) is 1.48. The molecule has 0 aliphatic rings. The fraction of sp³-hybridized carbons (Fsp3) is 0.429. The zero-order valence-corrected chi connectivity index (χ0v) is 13.6. The van der Waals surface area contributed by atoms with E-state index in [2.05, 4.69) is 21.2 Å². The van der Waals surface area contributed by atoms with Crippen molar-refractivity contribution in [3.63, 3.8) is 0 Å². The first-order valence-corrected chi connectivity index (χ1v) is 7.09. The number of aliphatic hydroxyl groups is 1. The standard InChI is InChI=1S/C14H18BrNO5/c1-8-4-5-11(10(15)6-8)21-9(2)12(17)16-7-14(3,20)13(18)19/h4-6,9,20H,7H2,1-3H3,(H,16,17)(H,18,19). The number of carboxylic acids is 1. The average Bonchev–Trinajstić information content (AvgIpc) is 2.39. The number of carbonyl (C=O) groups excluding carboxylic acids is 1. The van der Waals surface area contributed by atoms with Crippen molar-refractivity contribution in [1.29, 1.82) is 0 Å². The van der Waals surface area contributed by atoms with Gasteiger partial charge in [-0.1, -0.05) is 6.07 Å². The summed E-state index contributed by atoms with van der Waals surface area (Å²) in [5.74, 6) is -1.41. The molecule has 1 aromatic rings. The molecule has 0 fully saturated rings. The highest BCUT2D eigenvalue weighted by atomic mass is 79.9. The highest BCUT2D eigenvalue weighted by Gasteiger charge is 2.31. The lowest BCUT2D eigenvalue weighted by Gasteiger charge is -2.21. The van der Waals surface area contributed by atoms with Crippen LogP contribution in [0.25, 0.3) is 0 Å². The number of halogens is 1. The van der Waals surface area contributed by atoms with Gasteiger partial charge in [0.05, 0.1) is 11.0 Å². The monoisotopic (exact) mass is 359 g/mol. The second-order valence-electron chi connectivity index (χ2n) is 4.99. The van der Waals surface area contributed by atoms with E-state index in [1.165, 1.54) is 6.92 Å². The molecule has 6 nitrogen and oxygen atoms in total. The Morgan fingerprint density at radius 1 is 1.48 bits per heavy atom. The molecule has 1 amide bonds. The van der Waals surface area contributed by atoms with Crippen LogP contribution in [-0.4, -0.2) is 40.3 Å². The van der Waals surface area contributed by atoms with Crippen molar-refractivity contribution in [2.24, 2.45) is 0 Å². The summed E-state index contributed by atoms with van der Waals surface area (Å²) in [5.41, 5.74) is -0.969. The normalized spacial score (nSPS) is 14.9. The summed E-state index contributed by atoms with van der Waals surface area (Å²) in [4.78, 5) is 22.6. The Balaban J connectivity index is 2.61. The van der Waals surface area contributed by atoms with Crippen LogP contribution in [0.3, 0.4) is 0 Å². The van der Waals surface area contributed by atoms with Gasteiger partial charge in [0.15, 0.2) is 11.7 Å². The highest BCUT2D eigenvalue weighted by Crippen LogP contribution is 2.26. The van der Waals surface area contributed by atoms with E-state index in [-0.39, 0.29) is 0 Å². The number of aryl methyl sites for hydroxylation is 1. The molecule has 0 aliphatic heterocycles. The van der Waals surface area contributed by atoms with Gasteiger partial charge in [0, 0.05) is 0 Å². The summed E-state index contributed by atoms with van der Waals surface area (Å²) in [6.07, 6.45) is -0.825. The van der Waals surface area contributed by atoms with Crippen LogP contribution in [0.2, 0.25) is 0 Å². The lowest BCUT2D eigenvalue weighted by Crippen LogP contribution is -2.49. The van der Waals surface area contributed by atoms with E-state index in [9.17, 15) is 14.7 Å². The second kappa shape index (κ2) is 6.91. The lowest BCUT2D eigenvalue weighted by atomic mass is 10.1. The van der Waals surface area contributed by atoms with Crippen LogP contribution < -0.4 is 10.1 Å². The third-order valence-electron chi connectivity index (χ3n) is 2.83. The number of nitrogens with one attached hydrogen (secondary N) is 1. The topological polar surface area (TPSA) is 95.9 Å². The van der Waals surface area contributed by atoms with Crippen LogP contribution in [0.4, 0.5) is 0 Å². The summed E-state index contributed by atoms with van der Waals surface area (Å²) < 4.78 is 6.22. The number of carboxylic acid groups (broad SMARTS) is 1. The van der Waals surface area contributed by atoms with Crippen LogP contribution in [0.1, 0.15) is 19.4 Å². The van der Waals surface area contributed by atoms with Crippen molar-refractivity contribution < 1.29 is 24.5 Å². The first-order valence-electron chi connectivity index (χ1n) is 6.30. The molecule has 21 heavy (non-hydrogen) atoms. The predicted molar refractivity (Wildman–Crippen MR) is 80.2 cm³/mol. The van der Waals surface area contributed by atoms with Crippen molar-refractivity contribution in [2.45, 2.75) is 32.5 Å². The molecule has 1 rings (SSSR count). The number of hydrogen-bond donors (Lipinski definition) is 3. The minimum Gasteiger partial charge on any atom is -0.480 e. The third kappa shape index (κ3) is 5.02. The van der Waals surface area contributed by atoms with Crippen molar-refractivity contribution in [3.05, 3.63) is 28.2 Å². The quantitative estimate of drug-likeness (QED) is 0.714. The van der Waals surface area contributed by atoms with Crippen LogP contribution in [0.15, 0.2) is 22.7 Å². The fourth-order valence-corrected chi connectivity index (χ4v) is 2.01. The van der Waals surface area contributed by atoms with E-state index < -0.39 is 30.1 Å². The number of benzene rings is 1. The molecule has 0 saturated heterocycles. The summed E-state index contributed by atoms with van der Waals surface area (Å²) >= 11 is 3.34. The molecule has 0 saturated carbocycles. The van der Waals surface area contributed by atoms with Gasteiger partial charge in [0.2, 0.25) is 0 Å². The largest absolute Gasteiger partial charge is 0.480 e. The molecule has 0 heterocycles. The Hall–Kier alpha value is -1.60. The summed E-state index contributed by atoms with van der Waals surface area (Å²) in [6, 6.07) is 5.44. The van der Waals surface area contributed by atoms with Gasteiger partial charge in [-0.15, -0.1) is 0 Å². The Bertz CT molecular complexity index is 544. The number of hydrogen-bond acceptors (Lipinski definition) is 4. The van der Waals surface area contributed by atoms with E-state index >= 15 is 0 Å². The lowest BCUT2D eigenvalue weighted by molar-refractivity contribution is -0.156. The van der Waals surface area contributed by atoms with Gasteiger partial charge in [0.25, 0.3) is 5.91 Å². The molecule has 0 spiro atoms. The van der Waals surface area contributed by atoms with Crippen LogP contribution in [0, 0.1) is 6.92 Å². The molecule has 0 radical (unpaired) electrons. The van der Waals surface area contributed by atoms with E-state index in [1.54, 1.807) is 6.07 Å². The molecular formula is C14H18BrNO5. The number of amides is 1. The van der Waals surface area contributed by atoms with Crippen LogP contribution in [0.5, 0.6) is 5.75 Å². The van der Waals surface area contributed by atoms with Gasteiger partial charge in [-0.3, -0.25) is 4.79 Å². The highest BCUT2D eigenvalue weighted by molar-refractivity contribution is 9.10. The molecule has 1 aromatic carbocycles. The zero-order valence-electron chi connectivity index (χ0n) is 12.0. The van der Waals surface area contributed by atoms with Crippen molar-refractivity contribution in [1.82, 2.24) is 5.32 Å². The Morgan fingerprint density at radius 3 is 2.62 bits per heavy atom. The molecule has 7 heteroatoms. The minimum absolute atomic E-state index is 0.399. The third-order valence-corrected chi connectivity index (χ3v) is 3.45. The van der Waals surface area contributed by atoms with Crippen LogP contribution >= 0.6 is 15.9 Å². The SMILES string of the molecule is Cc1ccc(OC(C)C(=O)NCC(C)(O)C(=O)O)c(Br)c1. The number of aliphatic carboxylic acids is 1. The number of carbonyl (C=O) groups is 2. The van der Waals surface area contributed by atoms with Crippen molar-refractivity contribution in [3.8, 4) is 5.75 Å².